The van der Waals surface area contributed by atoms with Crippen LogP contribution in [-0.4, -0.2) is 18.4 Å². The Morgan fingerprint density at radius 1 is 1.09 bits per heavy atom. The quantitative estimate of drug-likeness (QED) is 0.617. The first kappa shape index (κ1) is 16.5. The second-order valence-electron chi connectivity index (χ2n) is 6.76. The number of carbonyl (C=O) groups excluding carboxylic acids is 2. The fourth-order valence-corrected chi connectivity index (χ4v) is 2.82. The van der Waals surface area contributed by atoms with Gasteiger partial charge in [-0.3, -0.25) is 9.59 Å². The van der Waals surface area contributed by atoms with Crippen molar-refractivity contribution in [3.63, 3.8) is 0 Å². The van der Waals surface area contributed by atoms with E-state index in [1.807, 2.05) is 44.2 Å². The van der Waals surface area contributed by atoms with Gasteiger partial charge >= 0.3 is 5.97 Å². The highest BCUT2D eigenvalue weighted by Gasteiger charge is 2.29. The number of rotatable bonds is 2. The molecule has 1 aromatic rings. The lowest BCUT2D eigenvalue weighted by Gasteiger charge is -2.24. The highest BCUT2D eigenvalue weighted by molar-refractivity contribution is 5.83. The third kappa shape index (κ3) is 5.14. The summed E-state index contributed by atoms with van der Waals surface area (Å²) in [6, 6.07) is 10.1. The van der Waals surface area contributed by atoms with Gasteiger partial charge in [-0.1, -0.05) is 56.3 Å². The van der Waals surface area contributed by atoms with Crippen LogP contribution in [0.25, 0.3) is 0 Å². The number of carbonyl (C=O) groups is 2. The first-order valence-corrected chi connectivity index (χ1v) is 7.83. The highest BCUT2D eigenvalue weighted by atomic mass is 16.5. The Bertz CT molecular complexity index is 543. The second kappa shape index (κ2) is 7.39. The van der Waals surface area contributed by atoms with Crippen molar-refractivity contribution in [3.05, 3.63) is 48.0 Å². The minimum atomic E-state index is -0.354. The molecule has 2 rings (SSSR count). The standard InChI is InChI=1S/C19H24O3/c1-19(2)13-17(20)16(12-15-8-4-3-5-9-15)10-6-7-11-22-18(21)14-19/h3-9,16H,10-14H2,1-2H3. The van der Waals surface area contributed by atoms with Gasteiger partial charge in [0, 0.05) is 12.3 Å². The van der Waals surface area contributed by atoms with Crippen LogP contribution >= 0.6 is 0 Å². The summed E-state index contributed by atoms with van der Waals surface area (Å²) >= 11 is 0. The molecule has 118 valence electrons. The minimum absolute atomic E-state index is 0.0360. The zero-order valence-corrected chi connectivity index (χ0v) is 13.4. The molecule has 3 nitrogen and oxygen atoms in total. The Labute approximate surface area is 132 Å². The number of allylic oxidation sites excluding steroid dienone is 1. The summed E-state index contributed by atoms with van der Waals surface area (Å²) in [4.78, 5) is 24.4. The van der Waals surface area contributed by atoms with Gasteiger partial charge in [0.05, 0.1) is 6.42 Å². The van der Waals surface area contributed by atoms with Crippen molar-refractivity contribution in [2.75, 3.05) is 6.61 Å². The number of benzene rings is 1. The highest BCUT2D eigenvalue weighted by Crippen LogP contribution is 2.29. The van der Waals surface area contributed by atoms with Gasteiger partial charge < -0.3 is 4.74 Å². The number of Topliss-reactive ketones (excluding diaryl/α,β-unsaturated/α-hetero) is 1. The SMILES string of the molecule is CC1(C)CC(=O)OCC=CCC(Cc2ccccc2)C(=O)C1. The van der Waals surface area contributed by atoms with Crippen LogP contribution in [-0.2, 0) is 20.7 Å². The summed E-state index contributed by atoms with van der Waals surface area (Å²) in [5.41, 5.74) is 0.822. The molecule has 1 aliphatic rings. The molecule has 1 aromatic carbocycles. The summed E-state index contributed by atoms with van der Waals surface area (Å²) in [6.45, 7) is 4.20. The number of hydrogen-bond acceptors (Lipinski definition) is 3. The van der Waals surface area contributed by atoms with Gasteiger partial charge in [-0.2, -0.15) is 0 Å². The van der Waals surface area contributed by atoms with Gasteiger partial charge in [0.1, 0.15) is 12.4 Å². The van der Waals surface area contributed by atoms with Crippen LogP contribution in [0.4, 0.5) is 0 Å². The van der Waals surface area contributed by atoms with E-state index in [0.29, 0.717) is 19.4 Å². The van der Waals surface area contributed by atoms with Crippen molar-refractivity contribution in [2.45, 2.75) is 39.5 Å². The molecule has 0 aliphatic carbocycles. The lowest BCUT2D eigenvalue weighted by atomic mass is 9.79. The van der Waals surface area contributed by atoms with E-state index < -0.39 is 0 Å². The molecule has 1 heterocycles. The fourth-order valence-electron chi connectivity index (χ4n) is 2.82. The predicted molar refractivity (Wildman–Crippen MR) is 86.4 cm³/mol. The van der Waals surface area contributed by atoms with E-state index in [9.17, 15) is 9.59 Å². The normalized spacial score (nSPS) is 22.7. The number of ether oxygens (including phenoxy) is 1. The van der Waals surface area contributed by atoms with Crippen LogP contribution in [0.15, 0.2) is 42.5 Å². The molecule has 1 atom stereocenters. The van der Waals surface area contributed by atoms with E-state index in [1.165, 1.54) is 5.56 Å². The van der Waals surface area contributed by atoms with Crippen LogP contribution in [0, 0.1) is 11.3 Å². The molecule has 0 fully saturated rings. The van der Waals surface area contributed by atoms with E-state index >= 15 is 0 Å². The van der Waals surface area contributed by atoms with Crippen molar-refractivity contribution in [1.82, 2.24) is 0 Å². The molecular formula is C19H24O3. The zero-order chi connectivity index (χ0) is 16.0. The molecule has 1 unspecified atom stereocenters. The molecule has 0 N–H and O–H groups in total. The molecule has 0 amide bonds. The van der Waals surface area contributed by atoms with Crippen LogP contribution in [0.2, 0.25) is 0 Å². The van der Waals surface area contributed by atoms with E-state index in [4.69, 9.17) is 4.74 Å². The van der Waals surface area contributed by atoms with Gasteiger partial charge in [-0.05, 0) is 23.8 Å². The molecule has 0 saturated carbocycles. The van der Waals surface area contributed by atoms with E-state index in [-0.39, 0.29) is 29.5 Å². The summed E-state index contributed by atoms with van der Waals surface area (Å²) in [6.07, 6.45) is 5.92. The van der Waals surface area contributed by atoms with Crippen LogP contribution < -0.4 is 0 Å². The van der Waals surface area contributed by atoms with Gasteiger partial charge in [0.25, 0.3) is 0 Å². The topological polar surface area (TPSA) is 43.4 Å². The van der Waals surface area contributed by atoms with Gasteiger partial charge in [-0.25, -0.2) is 0 Å². The van der Waals surface area contributed by atoms with Gasteiger partial charge in [0.15, 0.2) is 0 Å². The Kier molecular flexibility index (Phi) is 5.53. The molecular weight excluding hydrogens is 276 g/mol. The van der Waals surface area contributed by atoms with Crippen molar-refractivity contribution in [3.8, 4) is 0 Å². The molecule has 3 heteroatoms. The maximum absolute atomic E-state index is 12.7. The monoisotopic (exact) mass is 300 g/mol. The van der Waals surface area contributed by atoms with Crippen molar-refractivity contribution >= 4 is 11.8 Å². The molecule has 0 saturated heterocycles. The van der Waals surface area contributed by atoms with Crippen molar-refractivity contribution in [2.24, 2.45) is 11.3 Å². The Balaban J connectivity index is 2.14. The average Bonchev–Trinajstić information content (AvgIpc) is 2.46. The van der Waals surface area contributed by atoms with E-state index in [2.05, 4.69) is 12.1 Å². The minimum Gasteiger partial charge on any atom is -0.461 e. The first-order chi connectivity index (χ1) is 10.5. The zero-order valence-electron chi connectivity index (χ0n) is 13.4. The molecule has 0 bridgehead atoms. The molecule has 1 aliphatic heterocycles. The number of ketones is 1. The average molecular weight is 300 g/mol. The third-order valence-corrected chi connectivity index (χ3v) is 3.98. The molecule has 0 radical (unpaired) electrons. The predicted octanol–water partition coefficient (Wildman–Crippen LogP) is 3.72. The number of esters is 1. The van der Waals surface area contributed by atoms with Crippen LogP contribution in [0.5, 0.6) is 0 Å². The Hall–Kier alpha value is -1.90. The number of hydrogen-bond donors (Lipinski definition) is 0. The lowest BCUT2D eigenvalue weighted by molar-refractivity contribution is -0.145. The molecule has 22 heavy (non-hydrogen) atoms. The third-order valence-electron chi connectivity index (χ3n) is 3.98. The molecule has 0 aromatic heterocycles. The summed E-state index contributed by atoms with van der Waals surface area (Å²) in [7, 11) is 0. The first-order valence-electron chi connectivity index (χ1n) is 7.83. The summed E-state index contributed by atoms with van der Waals surface area (Å²) in [5.74, 6) is -0.0386. The lowest BCUT2D eigenvalue weighted by Crippen LogP contribution is -2.26. The van der Waals surface area contributed by atoms with Crippen molar-refractivity contribution in [1.29, 1.82) is 0 Å². The van der Waals surface area contributed by atoms with Crippen LogP contribution in [0.1, 0.15) is 38.7 Å². The van der Waals surface area contributed by atoms with Crippen LogP contribution in [0.3, 0.4) is 0 Å². The summed E-state index contributed by atoms with van der Waals surface area (Å²) in [5, 5.41) is 0. The maximum Gasteiger partial charge on any atom is 0.306 e. The largest absolute Gasteiger partial charge is 0.461 e. The van der Waals surface area contributed by atoms with Gasteiger partial charge in [-0.15, -0.1) is 0 Å². The molecule has 0 spiro atoms. The van der Waals surface area contributed by atoms with E-state index in [0.717, 1.165) is 6.42 Å². The van der Waals surface area contributed by atoms with E-state index in [1.54, 1.807) is 0 Å². The van der Waals surface area contributed by atoms with Crippen molar-refractivity contribution < 1.29 is 14.3 Å². The second-order valence-corrected chi connectivity index (χ2v) is 6.76. The maximum atomic E-state index is 12.7. The smallest absolute Gasteiger partial charge is 0.306 e. The summed E-state index contributed by atoms with van der Waals surface area (Å²) < 4.78 is 5.16. The number of cyclic esters (lactones) is 1. The Morgan fingerprint density at radius 2 is 1.82 bits per heavy atom. The fraction of sp³-hybridized carbons (Fsp3) is 0.474. The Morgan fingerprint density at radius 3 is 2.55 bits per heavy atom. The van der Waals surface area contributed by atoms with Gasteiger partial charge in [0.2, 0.25) is 0 Å².